The highest BCUT2D eigenvalue weighted by atomic mass is 19.1. The van der Waals surface area contributed by atoms with Gasteiger partial charge in [0.15, 0.2) is 0 Å². The molecule has 0 saturated carbocycles. The monoisotopic (exact) mass is 206 g/mol. The molecule has 78 valence electrons. The zero-order valence-electron chi connectivity index (χ0n) is 8.26. The molecule has 0 aliphatic carbocycles. The lowest BCUT2D eigenvalue weighted by molar-refractivity contribution is 0.589. The van der Waals surface area contributed by atoms with Crippen LogP contribution in [0.5, 0.6) is 0 Å². The zero-order chi connectivity index (χ0) is 10.8. The van der Waals surface area contributed by atoms with Gasteiger partial charge < -0.3 is 5.73 Å². The van der Waals surface area contributed by atoms with Gasteiger partial charge in [-0.25, -0.2) is 14.1 Å². The van der Waals surface area contributed by atoms with Crippen molar-refractivity contribution in [3.8, 4) is 5.69 Å². The molecule has 0 bridgehead atoms. The van der Waals surface area contributed by atoms with E-state index in [2.05, 4.69) is 10.1 Å². The molecule has 1 atom stereocenters. The van der Waals surface area contributed by atoms with Crippen molar-refractivity contribution in [2.75, 3.05) is 0 Å². The molecule has 0 fully saturated rings. The van der Waals surface area contributed by atoms with Gasteiger partial charge in [0, 0.05) is 11.6 Å². The predicted octanol–water partition coefficient (Wildman–Crippen LogP) is 1.43. The second-order valence-electron chi connectivity index (χ2n) is 3.30. The summed E-state index contributed by atoms with van der Waals surface area (Å²) in [5, 5.41) is 3.95. The van der Waals surface area contributed by atoms with Crippen LogP contribution in [-0.2, 0) is 0 Å². The standard InChI is InChI=1S/C10H11FN4/c1-7(12)10-8(11)3-2-4-9(10)15-6-13-5-14-15/h2-7H,12H2,1H3/t7-/m1/s1. The van der Waals surface area contributed by atoms with Crippen molar-refractivity contribution in [1.29, 1.82) is 0 Å². The van der Waals surface area contributed by atoms with Crippen molar-refractivity contribution in [2.45, 2.75) is 13.0 Å². The fourth-order valence-electron chi connectivity index (χ4n) is 1.51. The molecule has 4 nitrogen and oxygen atoms in total. The topological polar surface area (TPSA) is 56.7 Å². The Bertz CT molecular complexity index is 450. The Morgan fingerprint density at radius 3 is 2.87 bits per heavy atom. The fraction of sp³-hybridized carbons (Fsp3) is 0.200. The summed E-state index contributed by atoms with van der Waals surface area (Å²) in [6.07, 6.45) is 2.91. The number of hydrogen-bond acceptors (Lipinski definition) is 3. The van der Waals surface area contributed by atoms with Gasteiger partial charge >= 0.3 is 0 Å². The lowest BCUT2D eigenvalue weighted by atomic mass is 10.1. The lowest BCUT2D eigenvalue weighted by Crippen LogP contribution is -2.12. The minimum absolute atomic E-state index is 0.321. The van der Waals surface area contributed by atoms with Gasteiger partial charge in [-0.2, -0.15) is 5.10 Å². The van der Waals surface area contributed by atoms with E-state index >= 15 is 0 Å². The smallest absolute Gasteiger partial charge is 0.138 e. The summed E-state index contributed by atoms with van der Waals surface area (Å²) in [5.74, 6) is -0.321. The number of nitrogens with two attached hydrogens (primary N) is 1. The molecule has 15 heavy (non-hydrogen) atoms. The maximum absolute atomic E-state index is 13.6. The zero-order valence-corrected chi connectivity index (χ0v) is 8.26. The first kappa shape index (κ1) is 9.79. The first-order valence-electron chi connectivity index (χ1n) is 4.59. The quantitative estimate of drug-likeness (QED) is 0.808. The minimum atomic E-state index is -0.384. The summed E-state index contributed by atoms with van der Waals surface area (Å²) in [7, 11) is 0. The maximum Gasteiger partial charge on any atom is 0.138 e. The normalized spacial score (nSPS) is 12.7. The van der Waals surface area contributed by atoms with Crippen molar-refractivity contribution in [1.82, 2.24) is 14.8 Å². The Morgan fingerprint density at radius 1 is 1.47 bits per heavy atom. The Kier molecular flexibility index (Phi) is 2.47. The van der Waals surface area contributed by atoms with Crippen LogP contribution in [0.4, 0.5) is 4.39 Å². The molecule has 1 aromatic heterocycles. The van der Waals surface area contributed by atoms with Crippen LogP contribution >= 0.6 is 0 Å². The van der Waals surface area contributed by atoms with Crippen LogP contribution in [0.1, 0.15) is 18.5 Å². The molecule has 1 heterocycles. The van der Waals surface area contributed by atoms with Crippen LogP contribution in [0.3, 0.4) is 0 Å². The van der Waals surface area contributed by atoms with E-state index in [1.807, 2.05) is 0 Å². The van der Waals surface area contributed by atoms with E-state index in [9.17, 15) is 4.39 Å². The van der Waals surface area contributed by atoms with Gasteiger partial charge in [0.25, 0.3) is 0 Å². The largest absolute Gasteiger partial charge is 0.324 e. The Morgan fingerprint density at radius 2 is 2.27 bits per heavy atom. The average Bonchev–Trinajstić information content (AvgIpc) is 2.69. The molecule has 5 heteroatoms. The first-order chi connectivity index (χ1) is 7.20. The van der Waals surface area contributed by atoms with Crippen LogP contribution in [0.2, 0.25) is 0 Å². The predicted molar refractivity (Wildman–Crippen MR) is 53.9 cm³/mol. The van der Waals surface area contributed by atoms with Crippen LogP contribution in [0.15, 0.2) is 30.9 Å². The number of rotatable bonds is 2. The number of benzene rings is 1. The molecule has 2 N–H and O–H groups in total. The van der Waals surface area contributed by atoms with E-state index in [-0.39, 0.29) is 11.9 Å². The summed E-state index contributed by atoms with van der Waals surface area (Å²) in [4.78, 5) is 3.82. The highest BCUT2D eigenvalue weighted by molar-refractivity contribution is 5.42. The van der Waals surface area contributed by atoms with E-state index < -0.39 is 0 Å². The molecule has 0 aliphatic rings. The van der Waals surface area contributed by atoms with Crippen LogP contribution in [-0.4, -0.2) is 14.8 Å². The molecule has 0 unspecified atom stereocenters. The van der Waals surface area contributed by atoms with Crippen LogP contribution < -0.4 is 5.73 Å². The molecule has 2 rings (SSSR count). The Hall–Kier alpha value is -1.75. The lowest BCUT2D eigenvalue weighted by Gasteiger charge is -2.12. The Balaban J connectivity index is 2.61. The molecular formula is C10H11FN4. The summed E-state index contributed by atoms with van der Waals surface area (Å²) in [6, 6.07) is 4.39. The second kappa shape index (κ2) is 3.78. The van der Waals surface area contributed by atoms with Gasteiger partial charge in [-0.05, 0) is 19.1 Å². The average molecular weight is 206 g/mol. The van der Waals surface area contributed by atoms with Gasteiger partial charge in [-0.15, -0.1) is 0 Å². The van der Waals surface area contributed by atoms with Gasteiger partial charge in [0.05, 0.1) is 5.69 Å². The molecule has 2 aromatic rings. The number of halogens is 1. The summed E-state index contributed by atoms with van der Waals surface area (Å²) < 4.78 is 15.1. The van der Waals surface area contributed by atoms with Gasteiger partial charge in [0.2, 0.25) is 0 Å². The highest BCUT2D eigenvalue weighted by Gasteiger charge is 2.13. The third kappa shape index (κ3) is 1.73. The number of nitrogens with zero attached hydrogens (tertiary/aromatic N) is 3. The summed E-state index contributed by atoms with van der Waals surface area (Å²) in [5.41, 5.74) is 6.79. The Labute approximate surface area is 86.6 Å². The third-order valence-electron chi connectivity index (χ3n) is 2.15. The first-order valence-corrected chi connectivity index (χ1v) is 4.59. The van der Waals surface area contributed by atoms with Crippen molar-refractivity contribution in [3.05, 3.63) is 42.2 Å². The van der Waals surface area contributed by atoms with Crippen molar-refractivity contribution >= 4 is 0 Å². The van der Waals surface area contributed by atoms with Gasteiger partial charge in [0.1, 0.15) is 18.5 Å². The molecule has 0 amide bonds. The third-order valence-corrected chi connectivity index (χ3v) is 2.15. The van der Waals surface area contributed by atoms with Gasteiger partial charge in [-0.1, -0.05) is 6.07 Å². The minimum Gasteiger partial charge on any atom is -0.324 e. The van der Waals surface area contributed by atoms with Crippen LogP contribution in [0.25, 0.3) is 5.69 Å². The van der Waals surface area contributed by atoms with E-state index in [1.54, 1.807) is 19.1 Å². The van der Waals surface area contributed by atoms with E-state index in [0.29, 0.717) is 11.3 Å². The highest BCUT2D eigenvalue weighted by Crippen LogP contribution is 2.22. The molecule has 1 aromatic carbocycles. The van der Waals surface area contributed by atoms with Crippen molar-refractivity contribution in [2.24, 2.45) is 5.73 Å². The number of hydrogen-bond donors (Lipinski definition) is 1. The summed E-state index contributed by atoms with van der Waals surface area (Å²) in [6.45, 7) is 1.73. The van der Waals surface area contributed by atoms with E-state index in [1.165, 1.54) is 23.4 Å². The van der Waals surface area contributed by atoms with Crippen molar-refractivity contribution < 1.29 is 4.39 Å². The van der Waals surface area contributed by atoms with Crippen LogP contribution in [0, 0.1) is 5.82 Å². The molecule has 0 saturated heterocycles. The fourth-order valence-corrected chi connectivity index (χ4v) is 1.51. The number of aromatic nitrogens is 3. The molecular weight excluding hydrogens is 195 g/mol. The maximum atomic E-state index is 13.6. The van der Waals surface area contributed by atoms with E-state index in [0.717, 1.165) is 0 Å². The second-order valence-corrected chi connectivity index (χ2v) is 3.30. The molecule has 0 aliphatic heterocycles. The van der Waals surface area contributed by atoms with Gasteiger partial charge in [-0.3, -0.25) is 0 Å². The van der Waals surface area contributed by atoms with Crippen molar-refractivity contribution in [3.63, 3.8) is 0 Å². The molecule has 0 radical (unpaired) electrons. The van der Waals surface area contributed by atoms with E-state index in [4.69, 9.17) is 5.73 Å². The molecule has 0 spiro atoms. The SMILES string of the molecule is C[C@@H](N)c1c(F)cccc1-n1cncn1. The summed E-state index contributed by atoms with van der Waals surface area (Å²) >= 11 is 0.